The number of hydrogen-bond acceptors (Lipinski definition) is 2. The first-order valence-electron chi connectivity index (χ1n) is 6.41. The normalized spacial score (nSPS) is 27.4. The van der Waals surface area contributed by atoms with Crippen LogP contribution in [0.15, 0.2) is 12.1 Å². The Morgan fingerprint density at radius 1 is 0.875 bits per heavy atom. The van der Waals surface area contributed by atoms with Crippen molar-refractivity contribution in [3.05, 3.63) is 23.3 Å². The van der Waals surface area contributed by atoms with E-state index in [0.29, 0.717) is 12.1 Å². The molecular formula is C14H20N2. The van der Waals surface area contributed by atoms with Crippen LogP contribution in [0.1, 0.15) is 37.8 Å². The van der Waals surface area contributed by atoms with Gasteiger partial charge in [0.15, 0.2) is 0 Å². The fraction of sp³-hybridized carbons (Fsp3) is 0.571. The van der Waals surface area contributed by atoms with Crippen LogP contribution in [0.4, 0.5) is 11.4 Å². The summed E-state index contributed by atoms with van der Waals surface area (Å²) in [6.45, 7) is 4.53. The number of hydrogen-bond donors (Lipinski definition) is 2. The fourth-order valence-electron chi connectivity index (χ4n) is 2.79. The average molecular weight is 216 g/mol. The first kappa shape index (κ1) is 10.0. The van der Waals surface area contributed by atoms with Crippen LogP contribution in [0, 0.1) is 0 Å². The lowest BCUT2D eigenvalue weighted by Gasteiger charge is -2.30. The lowest BCUT2D eigenvalue weighted by Crippen LogP contribution is -2.25. The van der Waals surface area contributed by atoms with E-state index in [1.54, 1.807) is 0 Å². The SMILES string of the molecule is C[C@@H]1CCc2cc3c(cc2N1)CC[C@@H](C)N3. The standard InChI is InChI=1S/C14H20N2/c1-9-3-5-11-8-14-12(7-13(11)15-9)6-4-10(2)16-14/h7-10,15-16H,3-6H2,1-2H3/t9-,10-/m1/s1. The van der Waals surface area contributed by atoms with Gasteiger partial charge in [-0.2, -0.15) is 0 Å². The highest BCUT2D eigenvalue weighted by Gasteiger charge is 2.20. The Balaban J connectivity index is 1.99. The highest BCUT2D eigenvalue weighted by molar-refractivity contribution is 5.66. The lowest BCUT2D eigenvalue weighted by atomic mass is 9.92. The van der Waals surface area contributed by atoms with Gasteiger partial charge in [0.25, 0.3) is 0 Å². The molecule has 2 heteroatoms. The van der Waals surface area contributed by atoms with E-state index in [9.17, 15) is 0 Å². The van der Waals surface area contributed by atoms with Crippen molar-refractivity contribution in [2.24, 2.45) is 0 Å². The molecule has 0 spiro atoms. The molecule has 0 aromatic heterocycles. The van der Waals surface area contributed by atoms with Gasteiger partial charge in [-0.25, -0.2) is 0 Å². The van der Waals surface area contributed by atoms with Gasteiger partial charge >= 0.3 is 0 Å². The summed E-state index contributed by atoms with van der Waals surface area (Å²) in [5.41, 5.74) is 5.71. The molecule has 2 nitrogen and oxygen atoms in total. The van der Waals surface area contributed by atoms with Gasteiger partial charge in [0.2, 0.25) is 0 Å². The maximum atomic E-state index is 3.59. The van der Waals surface area contributed by atoms with Gasteiger partial charge < -0.3 is 10.6 Å². The van der Waals surface area contributed by atoms with Gasteiger partial charge in [-0.3, -0.25) is 0 Å². The van der Waals surface area contributed by atoms with Gasteiger partial charge in [0.05, 0.1) is 0 Å². The molecule has 0 amide bonds. The van der Waals surface area contributed by atoms with Crippen LogP contribution in [0.5, 0.6) is 0 Å². The van der Waals surface area contributed by atoms with Crippen molar-refractivity contribution in [2.45, 2.75) is 51.6 Å². The number of anilines is 2. The largest absolute Gasteiger partial charge is 0.382 e. The van der Waals surface area contributed by atoms with Crippen LogP contribution in [0.25, 0.3) is 0 Å². The minimum atomic E-state index is 0.626. The highest BCUT2D eigenvalue weighted by Crippen LogP contribution is 2.33. The van der Waals surface area contributed by atoms with Crippen LogP contribution in [-0.2, 0) is 12.8 Å². The third kappa shape index (κ3) is 1.66. The van der Waals surface area contributed by atoms with E-state index in [-0.39, 0.29) is 0 Å². The molecule has 3 rings (SSSR count). The first-order valence-corrected chi connectivity index (χ1v) is 6.41. The lowest BCUT2D eigenvalue weighted by molar-refractivity contribution is 0.666. The smallest absolute Gasteiger partial charge is 0.0379 e. The number of benzene rings is 1. The van der Waals surface area contributed by atoms with Crippen LogP contribution in [-0.4, -0.2) is 12.1 Å². The molecule has 16 heavy (non-hydrogen) atoms. The van der Waals surface area contributed by atoms with Gasteiger partial charge in [0, 0.05) is 23.5 Å². The zero-order valence-electron chi connectivity index (χ0n) is 10.1. The Labute approximate surface area is 97.4 Å². The van der Waals surface area contributed by atoms with Gasteiger partial charge in [-0.05, 0) is 62.8 Å². The summed E-state index contributed by atoms with van der Waals surface area (Å²) in [6, 6.07) is 5.97. The summed E-state index contributed by atoms with van der Waals surface area (Å²) in [5, 5.41) is 7.19. The van der Waals surface area contributed by atoms with Crippen molar-refractivity contribution in [1.29, 1.82) is 0 Å². The maximum absolute atomic E-state index is 3.59. The molecule has 0 fully saturated rings. The summed E-state index contributed by atoms with van der Waals surface area (Å²) in [7, 11) is 0. The van der Waals surface area contributed by atoms with Crippen molar-refractivity contribution in [3.63, 3.8) is 0 Å². The van der Waals surface area contributed by atoms with Gasteiger partial charge in [0.1, 0.15) is 0 Å². The third-order valence-electron chi connectivity index (χ3n) is 3.83. The minimum absolute atomic E-state index is 0.626. The maximum Gasteiger partial charge on any atom is 0.0379 e. The van der Waals surface area contributed by atoms with Gasteiger partial charge in [-0.15, -0.1) is 0 Å². The molecule has 0 bridgehead atoms. The summed E-state index contributed by atoms with van der Waals surface area (Å²) in [4.78, 5) is 0. The van der Waals surface area contributed by atoms with E-state index in [2.05, 4.69) is 36.6 Å². The Kier molecular flexibility index (Phi) is 2.31. The molecule has 0 saturated heterocycles. The first-order chi connectivity index (χ1) is 7.72. The number of fused-ring (bicyclic) bond motifs is 2. The van der Waals surface area contributed by atoms with E-state index < -0.39 is 0 Å². The van der Waals surface area contributed by atoms with Crippen molar-refractivity contribution in [3.8, 4) is 0 Å². The molecule has 0 aliphatic carbocycles. The molecule has 2 aliphatic rings. The zero-order chi connectivity index (χ0) is 11.1. The summed E-state index contributed by atoms with van der Waals surface area (Å²) >= 11 is 0. The average Bonchev–Trinajstić information content (AvgIpc) is 2.26. The molecule has 1 aromatic carbocycles. The minimum Gasteiger partial charge on any atom is -0.382 e. The topological polar surface area (TPSA) is 24.1 Å². The summed E-state index contributed by atoms with van der Waals surface area (Å²) in [6.07, 6.45) is 4.93. The van der Waals surface area contributed by atoms with Crippen LogP contribution in [0.2, 0.25) is 0 Å². The van der Waals surface area contributed by atoms with E-state index in [1.807, 2.05) is 0 Å². The van der Waals surface area contributed by atoms with E-state index >= 15 is 0 Å². The van der Waals surface area contributed by atoms with Gasteiger partial charge in [-0.1, -0.05) is 0 Å². The fourth-order valence-corrected chi connectivity index (χ4v) is 2.79. The van der Waals surface area contributed by atoms with Crippen molar-refractivity contribution in [1.82, 2.24) is 0 Å². The number of rotatable bonds is 0. The molecule has 0 radical (unpaired) electrons. The molecule has 86 valence electrons. The second-order valence-corrected chi connectivity index (χ2v) is 5.33. The molecule has 2 atom stereocenters. The molecule has 2 heterocycles. The third-order valence-corrected chi connectivity index (χ3v) is 3.83. The molecule has 0 saturated carbocycles. The molecular weight excluding hydrogens is 196 g/mol. The van der Waals surface area contributed by atoms with E-state index in [1.165, 1.54) is 48.2 Å². The van der Waals surface area contributed by atoms with Crippen molar-refractivity contribution < 1.29 is 0 Å². The summed E-state index contributed by atoms with van der Waals surface area (Å²) < 4.78 is 0. The van der Waals surface area contributed by atoms with E-state index in [0.717, 1.165) is 0 Å². The highest BCUT2D eigenvalue weighted by atomic mass is 14.9. The number of nitrogens with one attached hydrogen (secondary N) is 2. The quantitative estimate of drug-likeness (QED) is 0.696. The van der Waals surface area contributed by atoms with Crippen molar-refractivity contribution >= 4 is 11.4 Å². The Bertz CT molecular complexity index is 372. The second kappa shape index (κ2) is 3.69. The molecule has 0 unspecified atom stereocenters. The Hall–Kier alpha value is -1.18. The monoisotopic (exact) mass is 216 g/mol. The zero-order valence-corrected chi connectivity index (χ0v) is 10.1. The predicted octanol–water partition coefficient (Wildman–Crippen LogP) is 3.18. The Morgan fingerprint density at radius 3 is 1.75 bits per heavy atom. The second-order valence-electron chi connectivity index (χ2n) is 5.33. The van der Waals surface area contributed by atoms with Crippen LogP contribution >= 0.6 is 0 Å². The molecule has 2 aliphatic heterocycles. The van der Waals surface area contributed by atoms with Crippen LogP contribution in [0.3, 0.4) is 0 Å². The Morgan fingerprint density at radius 2 is 1.31 bits per heavy atom. The van der Waals surface area contributed by atoms with E-state index in [4.69, 9.17) is 0 Å². The predicted molar refractivity (Wildman–Crippen MR) is 69.3 cm³/mol. The summed E-state index contributed by atoms with van der Waals surface area (Å²) in [5.74, 6) is 0. The van der Waals surface area contributed by atoms with Crippen LogP contribution < -0.4 is 10.6 Å². The number of aryl methyl sites for hydroxylation is 2. The molecule has 1 aromatic rings. The molecule has 2 N–H and O–H groups in total. The van der Waals surface area contributed by atoms with Crippen molar-refractivity contribution in [2.75, 3.05) is 10.6 Å².